The number of rotatable bonds is 16. The number of thioether (sulfide) groups is 1. The predicted octanol–water partition coefficient (Wildman–Crippen LogP) is 5.67. The quantitative estimate of drug-likeness (QED) is 0.0552. The van der Waals surface area contributed by atoms with E-state index < -0.39 is 14.9 Å². The molecule has 0 bridgehead atoms. The van der Waals surface area contributed by atoms with Crippen LogP contribution in [0.4, 0.5) is 22.9 Å². The first-order valence-electron chi connectivity index (χ1n) is 19.2. The molecule has 0 radical (unpaired) electrons. The lowest BCUT2D eigenvalue weighted by Crippen LogP contribution is -3.13. The topological polar surface area (TPSA) is 139 Å². The molecule has 1 fully saturated rings. The van der Waals surface area contributed by atoms with Gasteiger partial charge in [-0.3, -0.25) is 14.8 Å². The molecule has 4 N–H and O–H groups in total. The molecule has 1 aliphatic rings. The molecule has 1 saturated heterocycles. The number of fused-ring (bicyclic) bond motifs is 1. The lowest BCUT2D eigenvalue weighted by molar-refractivity contribution is -0.914. The Morgan fingerprint density at radius 3 is 2.41 bits per heavy atom. The second-order valence-corrected chi connectivity index (χ2v) is 18.0. The van der Waals surface area contributed by atoms with Gasteiger partial charge < -0.3 is 20.0 Å². The zero-order chi connectivity index (χ0) is 40.6. The maximum Gasteiger partial charge on any atom is 0.293 e. The zero-order valence-electron chi connectivity index (χ0n) is 32.4. The van der Waals surface area contributed by atoms with Gasteiger partial charge >= 0.3 is 0 Å². The van der Waals surface area contributed by atoms with Crippen molar-refractivity contribution in [2.45, 2.75) is 28.8 Å². The van der Waals surface area contributed by atoms with Crippen LogP contribution in [0.5, 0.6) is 0 Å². The maximum atomic E-state index is 13.7. The van der Waals surface area contributed by atoms with Gasteiger partial charge in [0.05, 0.1) is 62.2 Å². The van der Waals surface area contributed by atoms with E-state index in [0.717, 1.165) is 72.9 Å². The molecule has 0 aliphatic carbocycles. The number of hydrogen-bond donors (Lipinski definition) is 4. The van der Waals surface area contributed by atoms with E-state index in [-0.39, 0.29) is 28.1 Å². The van der Waals surface area contributed by atoms with Crippen molar-refractivity contribution in [2.75, 3.05) is 67.5 Å². The molecule has 0 spiro atoms. The average molecular weight is 839 g/mol. The third-order valence-electron chi connectivity index (χ3n) is 10.3. The zero-order valence-corrected chi connectivity index (χ0v) is 34.8. The highest BCUT2D eigenvalue weighted by molar-refractivity contribution is 7.99. The molecule has 2 heterocycles. The van der Waals surface area contributed by atoms with Gasteiger partial charge in [0.1, 0.15) is 18.6 Å². The number of benzene rings is 5. The van der Waals surface area contributed by atoms with Crippen LogP contribution in [-0.4, -0.2) is 81.9 Å². The first-order valence-corrected chi connectivity index (χ1v) is 22.1. The second-order valence-electron chi connectivity index (χ2n) is 14.8. The first kappa shape index (κ1) is 40.9. The van der Waals surface area contributed by atoms with E-state index in [9.17, 15) is 18.5 Å². The summed E-state index contributed by atoms with van der Waals surface area (Å²) in [5.74, 6) is 0.774. The molecule has 0 unspecified atom stereocenters. The minimum Gasteiger partial charge on any atom is -0.376 e. The van der Waals surface area contributed by atoms with E-state index in [1.54, 1.807) is 11.8 Å². The summed E-state index contributed by atoms with van der Waals surface area (Å²) in [4.78, 5) is 26.4. The minimum atomic E-state index is -4.26. The van der Waals surface area contributed by atoms with E-state index in [0.29, 0.717) is 16.7 Å². The van der Waals surface area contributed by atoms with Crippen molar-refractivity contribution in [3.8, 4) is 11.1 Å². The SMILES string of the molecule is C[NH+](C)CC[C@H](CSc1ccccc1)Nc1ccc(S(=O)(=O)Nc2ncnc3cc(N4CC[NH+](Cc5ccccc5-c5ccc(Cl)cc5)CC4)ccc23)cc1[N+](=O)[O-]. The van der Waals surface area contributed by atoms with E-state index in [2.05, 4.69) is 75.4 Å². The van der Waals surface area contributed by atoms with Gasteiger partial charge in [-0.05, 0) is 65.7 Å². The number of sulfonamides is 1. The van der Waals surface area contributed by atoms with Crippen molar-refractivity contribution >= 4 is 67.2 Å². The summed E-state index contributed by atoms with van der Waals surface area (Å²) in [5.41, 5.74) is 5.19. The van der Waals surface area contributed by atoms with Gasteiger partial charge in [0, 0.05) is 50.8 Å². The molecule has 1 aromatic heterocycles. The molecule has 6 aromatic rings. The molecular weight excluding hydrogens is 792 g/mol. The summed E-state index contributed by atoms with van der Waals surface area (Å²) in [5, 5.41) is 16.9. The van der Waals surface area contributed by atoms with Crippen LogP contribution in [0.25, 0.3) is 22.0 Å². The Balaban J connectivity index is 1.02. The smallest absolute Gasteiger partial charge is 0.293 e. The lowest BCUT2D eigenvalue weighted by atomic mass is 9.99. The summed E-state index contributed by atoms with van der Waals surface area (Å²) < 4.78 is 30.1. The third kappa shape index (κ3) is 10.2. The lowest BCUT2D eigenvalue weighted by Gasteiger charge is -2.34. The largest absolute Gasteiger partial charge is 0.376 e. The van der Waals surface area contributed by atoms with E-state index >= 15 is 0 Å². The fourth-order valence-electron chi connectivity index (χ4n) is 7.17. The number of anilines is 3. The van der Waals surface area contributed by atoms with E-state index in [4.69, 9.17) is 11.6 Å². The molecule has 58 heavy (non-hydrogen) atoms. The summed E-state index contributed by atoms with van der Waals surface area (Å²) in [6.45, 7) is 5.36. The molecule has 1 aliphatic heterocycles. The molecule has 0 amide bonds. The van der Waals surface area contributed by atoms with Crippen molar-refractivity contribution in [1.82, 2.24) is 9.97 Å². The van der Waals surface area contributed by atoms with E-state index in [1.807, 2.05) is 60.7 Å². The number of halogens is 1. The summed E-state index contributed by atoms with van der Waals surface area (Å²) >= 11 is 7.81. The predicted molar refractivity (Wildman–Crippen MR) is 234 cm³/mol. The van der Waals surface area contributed by atoms with Gasteiger partial charge in [-0.15, -0.1) is 11.8 Å². The van der Waals surface area contributed by atoms with Crippen LogP contribution in [0.15, 0.2) is 131 Å². The van der Waals surface area contributed by atoms with Gasteiger partial charge in [0.15, 0.2) is 5.82 Å². The van der Waals surface area contributed by atoms with Crippen LogP contribution in [0.1, 0.15) is 12.0 Å². The number of nitrogens with one attached hydrogen (secondary N) is 4. The molecule has 15 heteroatoms. The monoisotopic (exact) mass is 838 g/mol. The standard InChI is InChI=1S/C43H45ClN8O4S2/c1-49(2)21-20-34(29-57-36-9-4-3-5-10-36)47-40-19-17-37(27-42(40)52(53)54)58(55,56)48-43-39-18-16-35(26-41(39)45-30-46-43)51-24-22-50(23-25-51)28-32-8-6-7-11-38(32)31-12-14-33(44)15-13-31/h3-19,26-27,30,34,47H,20-25,28-29H2,1-2H3,(H,45,46,48)/p+2/t34-/m1/s1. The molecule has 7 rings (SSSR count). The highest BCUT2D eigenvalue weighted by Crippen LogP contribution is 2.32. The van der Waals surface area contributed by atoms with Crippen molar-refractivity contribution in [2.24, 2.45) is 0 Å². The van der Waals surface area contributed by atoms with Crippen molar-refractivity contribution in [3.05, 3.63) is 142 Å². The normalized spacial score (nSPS) is 14.1. The Labute approximate surface area is 348 Å². The fraction of sp³-hybridized carbons (Fsp3) is 0.256. The highest BCUT2D eigenvalue weighted by Gasteiger charge is 2.26. The number of nitro benzene ring substituents is 1. The van der Waals surface area contributed by atoms with Crippen LogP contribution in [0.2, 0.25) is 5.02 Å². The minimum absolute atomic E-state index is 0.0926. The Morgan fingerprint density at radius 1 is 0.931 bits per heavy atom. The van der Waals surface area contributed by atoms with Gasteiger partial charge in [0.25, 0.3) is 15.7 Å². The van der Waals surface area contributed by atoms with Crippen molar-refractivity contribution in [3.63, 3.8) is 0 Å². The second kappa shape index (κ2) is 18.6. The average Bonchev–Trinajstić information content (AvgIpc) is 3.23. The van der Waals surface area contributed by atoms with Crippen LogP contribution in [0.3, 0.4) is 0 Å². The Hall–Kier alpha value is -5.25. The number of aromatic nitrogens is 2. The maximum absolute atomic E-state index is 13.7. The number of piperazine rings is 1. The van der Waals surface area contributed by atoms with Crippen molar-refractivity contribution in [1.29, 1.82) is 0 Å². The number of hydrogen-bond acceptors (Lipinski definition) is 9. The molecule has 300 valence electrons. The number of nitrogens with zero attached hydrogens (tertiary/aromatic N) is 4. The molecule has 1 atom stereocenters. The van der Waals surface area contributed by atoms with Gasteiger partial charge in [-0.2, -0.15) is 0 Å². The van der Waals surface area contributed by atoms with Gasteiger partial charge in [-0.25, -0.2) is 18.4 Å². The molecular formula is C43H47ClN8O4S2+2. The van der Waals surface area contributed by atoms with Crippen LogP contribution in [0, 0.1) is 10.1 Å². The number of nitro groups is 1. The summed E-state index contributed by atoms with van der Waals surface area (Å²) in [7, 11) is -0.137. The Kier molecular flexibility index (Phi) is 13.1. The first-order chi connectivity index (χ1) is 28.0. The van der Waals surface area contributed by atoms with Crippen LogP contribution >= 0.6 is 23.4 Å². The Morgan fingerprint density at radius 2 is 1.67 bits per heavy atom. The fourth-order valence-corrected chi connectivity index (χ4v) is 9.34. The van der Waals surface area contributed by atoms with Gasteiger partial charge in [0.2, 0.25) is 0 Å². The molecule has 5 aromatic carbocycles. The van der Waals surface area contributed by atoms with E-state index in [1.165, 1.54) is 39.4 Å². The third-order valence-corrected chi connectivity index (χ3v) is 13.1. The molecule has 12 nitrogen and oxygen atoms in total. The Bertz CT molecular complexity index is 2470. The van der Waals surface area contributed by atoms with Crippen LogP contribution in [-0.2, 0) is 16.6 Å². The molecule has 0 saturated carbocycles. The van der Waals surface area contributed by atoms with Crippen LogP contribution < -0.4 is 24.7 Å². The summed E-state index contributed by atoms with van der Waals surface area (Å²) in [6, 6.07) is 36.1. The number of quaternary nitrogens is 2. The van der Waals surface area contributed by atoms with Crippen molar-refractivity contribution < 1.29 is 23.1 Å². The summed E-state index contributed by atoms with van der Waals surface area (Å²) in [6.07, 6.45) is 2.09. The van der Waals surface area contributed by atoms with Gasteiger partial charge in [-0.1, -0.05) is 66.2 Å². The highest BCUT2D eigenvalue weighted by atomic mass is 35.5.